The molecule has 1 aliphatic rings. The zero-order valence-electron chi connectivity index (χ0n) is 13.8. The maximum Gasteiger partial charge on any atom is 0.314 e. The van der Waals surface area contributed by atoms with Crippen molar-refractivity contribution in [2.75, 3.05) is 33.4 Å². The number of carbonyl (C=O) groups is 2. The summed E-state index contributed by atoms with van der Waals surface area (Å²) in [5.41, 5.74) is 0.803. The number of urea groups is 1. The molecule has 2 heterocycles. The Hall–Kier alpha value is -2.94. The van der Waals surface area contributed by atoms with Crippen LogP contribution in [0.4, 0.5) is 4.79 Å². The van der Waals surface area contributed by atoms with E-state index in [1.54, 1.807) is 4.90 Å². The van der Waals surface area contributed by atoms with Gasteiger partial charge in [0.1, 0.15) is 6.04 Å². The third kappa shape index (κ3) is 3.94. The Morgan fingerprint density at radius 2 is 2.12 bits per heavy atom. The molecule has 1 aromatic heterocycles. The van der Waals surface area contributed by atoms with E-state index in [9.17, 15) is 9.59 Å². The molecular formula is C16H19N5O4. The number of hydrogen-bond acceptors (Lipinski definition) is 6. The molecule has 9 nitrogen and oxygen atoms in total. The van der Waals surface area contributed by atoms with E-state index >= 15 is 0 Å². The van der Waals surface area contributed by atoms with Gasteiger partial charge in [0.2, 0.25) is 5.91 Å². The number of nitrogens with one attached hydrogen (secondary N) is 2. The SMILES string of the molecule is CNC(=O)NCC(=O)N1CCOCC1c1noc(-c2ccccc2)n1. The highest BCUT2D eigenvalue weighted by molar-refractivity contribution is 5.84. The molecule has 2 N–H and O–H groups in total. The number of rotatable bonds is 4. The van der Waals surface area contributed by atoms with Crippen LogP contribution in [0.1, 0.15) is 11.9 Å². The number of benzene rings is 1. The highest BCUT2D eigenvalue weighted by Crippen LogP contribution is 2.25. The monoisotopic (exact) mass is 345 g/mol. The van der Waals surface area contributed by atoms with Crippen LogP contribution >= 0.6 is 0 Å². The van der Waals surface area contributed by atoms with E-state index in [2.05, 4.69) is 20.8 Å². The van der Waals surface area contributed by atoms with E-state index in [4.69, 9.17) is 9.26 Å². The first-order valence-electron chi connectivity index (χ1n) is 7.91. The van der Waals surface area contributed by atoms with E-state index < -0.39 is 12.1 Å². The average molecular weight is 345 g/mol. The second kappa shape index (κ2) is 7.75. The van der Waals surface area contributed by atoms with Gasteiger partial charge in [0, 0.05) is 19.2 Å². The van der Waals surface area contributed by atoms with E-state index in [-0.39, 0.29) is 19.1 Å². The lowest BCUT2D eigenvalue weighted by Gasteiger charge is -2.33. The minimum Gasteiger partial charge on any atom is -0.377 e. The highest BCUT2D eigenvalue weighted by atomic mass is 16.5. The molecule has 0 saturated carbocycles. The second-order valence-corrected chi connectivity index (χ2v) is 5.43. The van der Waals surface area contributed by atoms with Gasteiger partial charge in [0.05, 0.1) is 19.8 Å². The summed E-state index contributed by atoms with van der Waals surface area (Å²) >= 11 is 0. The van der Waals surface area contributed by atoms with Crippen molar-refractivity contribution >= 4 is 11.9 Å². The lowest BCUT2D eigenvalue weighted by molar-refractivity contribution is -0.139. The topological polar surface area (TPSA) is 110 Å². The summed E-state index contributed by atoms with van der Waals surface area (Å²) in [6.45, 7) is 0.985. The number of amides is 3. The van der Waals surface area contributed by atoms with Gasteiger partial charge < -0.3 is 24.8 Å². The molecule has 0 aliphatic carbocycles. The fourth-order valence-electron chi connectivity index (χ4n) is 2.53. The maximum atomic E-state index is 12.4. The lowest BCUT2D eigenvalue weighted by atomic mass is 10.2. The normalized spacial score (nSPS) is 17.2. The summed E-state index contributed by atoms with van der Waals surface area (Å²) in [6, 6.07) is 8.52. The van der Waals surface area contributed by atoms with E-state index in [1.807, 2.05) is 30.3 Å². The molecule has 2 aromatic rings. The molecule has 1 fully saturated rings. The van der Waals surface area contributed by atoms with Gasteiger partial charge in [0.25, 0.3) is 5.89 Å². The largest absolute Gasteiger partial charge is 0.377 e. The van der Waals surface area contributed by atoms with Crippen molar-refractivity contribution in [2.45, 2.75) is 6.04 Å². The van der Waals surface area contributed by atoms with Crippen LogP contribution in [0.3, 0.4) is 0 Å². The summed E-state index contributed by atoms with van der Waals surface area (Å²) in [4.78, 5) is 29.7. The Labute approximate surface area is 144 Å². The third-order valence-electron chi connectivity index (χ3n) is 3.84. The predicted octanol–water partition coefficient (Wildman–Crippen LogP) is 0.566. The van der Waals surface area contributed by atoms with E-state index in [0.717, 1.165) is 5.56 Å². The van der Waals surface area contributed by atoms with Gasteiger partial charge in [0.15, 0.2) is 5.82 Å². The molecule has 1 aliphatic heterocycles. The standard InChI is InChI=1S/C16H19N5O4/c1-17-16(23)18-9-13(22)21-7-8-24-10-12(21)14-19-15(25-20-14)11-5-3-2-4-6-11/h2-6,12H,7-10H2,1H3,(H2,17,18,23). The first kappa shape index (κ1) is 16.9. The summed E-state index contributed by atoms with van der Waals surface area (Å²) in [5, 5.41) is 8.89. The van der Waals surface area contributed by atoms with Crippen LogP contribution in [-0.4, -0.2) is 60.3 Å². The molecule has 1 aromatic carbocycles. The minimum absolute atomic E-state index is 0.112. The van der Waals surface area contributed by atoms with Crippen LogP contribution in [0.5, 0.6) is 0 Å². The van der Waals surface area contributed by atoms with E-state index in [1.165, 1.54) is 7.05 Å². The molecule has 3 amide bonds. The van der Waals surface area contributed by atoms with Crippen molar-refractivity contribution in [3.8, 4) is 11.5 Å². The number of nitrogens with zero attached hydrogens (tertiary/aromatic N) is 3. The highest BCUT2D eigenvalue weighted by Gasteiger charge is 2.32. The molecule has 0 bridgehead atoms. The van der Waals surface area contributed by atoms with Gasteiger partial charge in [-0.3, -0.25) is 4.79 Å². The van der Waals surface area contributed by atoms with Crippen LogP contribution in [0.15, 0.2) is 34.9 Å². The first-order chi connectivity index (χ1) is 12.2. The molecule has 1 unspecified atom stereocenters. The van der Waals surface area contributed by atoms with Crippen molar-refractivity contribution in [1.82, 2.24) is 25.7 Å². The second-order valence-electron chi connectivity index (χ2n) is 5.43. The van der Waals surface area contributed by atoms with Crippen molar-refractivity contribution < 1.29 is 18.8 Å². The fraction of sp³-hybridized carbons (Fsp3) is 0.375. The molecule has 3 rings (SSSR count). The van der Waals surface area contributed by atoms with Gasteiger partial charge in [-0.05, 0) is 12.1 Å². The summed E-state index contributed by atoms with van der Waals surface area (Å²) in [7, 11) is 1.49. The molecule has 1 atom stereocenters. The van der Waals surface area contributed by atoms with Crippen molar-refractivity contribution in [1.29, 1.82) is 0 Å². The van der Waals surface area contributed by atoms with Crippen LogP contribution < -0.4 is 10.6 Å². The van der Waals surface area contributed by atoms with Crippen molar-refractivity contribution in [3.05, 3.63) is 36.2 Å². The van der Waals surface area contributed by atoms with Crippen molar-refractivity contribution in [3.63, 3.8) is 0 Å². The van der Waals surface area contributed by atoms with Crippen LogP contribution in [0.2, 0.25) is 0 Å². The quantitative estimate of drug-likeness (QED) is 0.838. The van der Waals surface area contributed by atoms with Crippen molar-refractivity contribution in [2.24, 2.45) is 0 Å². The lowest BCUT2D eigenvalue weighted by Crippen LogP contribution is -2.48. The number of morpholine rings is 1. The average Bonchev–Trinajstić information content (AvgIpc) is 3.16. The van der Waals surface area contributed by atoms with Gasteiger partial charge >= 0.3 is 6.03 Å². The number of carbonyl (C=O) groups excluding carboxylic acids is 2. The molecule has 0 radical (unpaired) electrons. The smallest absolute Gasteiger partial charge is 0.314 e. The summed E-state index contributed by atoms with van der Waals surface area (Å²) < 4.78 is 10.8. The van der Waals surface area contributed by atoms with Crippen LogP contribution in [0.25, 0.3) is 11.5 Å². The number of hydrogen-bond donors (Lipinski definition) is 2. The Morgan fingerprint density at radius 1 is 1.32 bits per heavy atom. The Balaban J connectivity index is 1.74. The molecule has 9 heteroatoms. The minimum atomic E-state index is -0.450. The van der Waals surface area contributed by atoms with Gasteiger partial charge in [-0.25, -0.2) is 4.79 Å². The molecule has 1 saturated heterocycles. The van der Waals surface area contributed by atoms with Gasteiger partial charge in [-0.1, -0.05) is 23.4 Å². The Kier molecular flexibility index (Phi) is 5.24. The Bertz CT molecular complexity index is 733. The molecular weight excluding hydrogens is 326 g/mol. The molecule has 0 spiro atoms. The first-order valence-corrected chi connectivity index (χ1v) is 7.91. The predicted molar refractivity (Wildman–Crippen MR) is 87.5 cm³/mol. The summed E-state index contributed by atoms with van der Waals surface area (Å²) in [5.74, 6) is 0.534. The molecule has 132 valence electrons. The number of aromatic nitrogens is 2. The van der Waals surface area contributed by atoms with Crippen LogP contribution in [-0.2, 0) is 9.53 Å². The third-order valence-corrected chi connectivity index (χ3v) is 3.84. The van der Waals surface area contributed by atoms with E-state index in [0.29, 0.717) is 24.9 Å². The zero-order valence-corrected chi connectivity index (χ0v) is 13.8. The fourth-order valence-corrected chi connectivity index (χ4v) is 2.53. The van der Waals surface area contributed by atoms with Gasteiger partial charge in [-0.15, -0.1) is 0 Å². The maximum absolute atomic E-state index is 12.4. The molecule has 25 heavy (non-hydrogen) atoms. The number of ether oxygens (including phenoxy) is 1. The summed E-state index contributed by atoms with van der Waals surface area (Å²) in [6.07, 6.45) is 0. The van der Waals surface area contributed by atoms with Crippen LogP contribution in [0, 0.1) is 0 Å². The zero-order chi connectivity index (χ0) is 17.6. The Morgan fingerprint density at radius 3 is 2.88 bits per heavy atom. The van der Waals surface area contributed by atoms with Gasteiger partial charge in [-0.2, -0.15) is 4.98 Å².